The Morgan fingerprint density at radius 2 is 1.76 bits per heavy atom. The Balaban J connectivity index is 1.52. The number of carbonyl (C=O) groups is 1. The van der Waals surface area contributed by atoms with Gasteiger partial charge in [0, 0.05) is 36.3 Å². The van der Waals surface area contributed by atoms with Crippen LogP contribution in [0.15, 0.2) is 67.4 Å². The molecular weight excluding hydrogens is 433 g/mol. The summed E-state index contributed by atoms with van der Waals surface area (Å²) in [6, 6.07) is 11.2. The van der Waals surface area contributed by atoms with E-state index in [1.807, 2.05) is 6.07 Å². The van der Waals surface area contributed by atoms with Crippen LogP contribution in [0.5, 0.6) is 0 Å². The van der Waals surface area contributed by atoms with Gasteiger partial charge in [-0.3, -0.25) is 4.79 Å². The van der Waals surface area contributed by atoms with Crippen molar-refractivity contribution in [2.75, 3.05) is 12.3 Å². The van der Waals surface area contributed by atoms with Gasteiger partial charge in [-0.1, -0.05) is 18.2 Å². The van der Waals surface area contributed by atoms with Crippen molar-refractivity contribution in [3.05, 3.63) is 84.6 Å². The fraction of sp³-hybridized carbons (Fsp3) is 0.200. The van der Waals surface area contributed by atoms with Crippen LogP contribution in [0.3, 0.4) is 0 Å². The van der Waals surface area contributed by atoms with E-state index in [2.05, 4.69) is 24.9 Å². The molecule has 0 saturated carbocycles. The number of piperidine rings is 1. The Morgan fingerprint density at radius 1 is 0.971 bits per heavy atom. The maximum Gasteiger partial charge on any atom is 0.273 e. The molecule has 0 aliphatic carbocycles. The number of nitrogens with two attached hydrogens (primary N) is 1. The van der Waals surface area contributed by atoms with Crippen molar-refractivity contribution in [2.24, 2.45) is 0 Å². The molecule has 0 radical (unpaired) electrons. The third kappa shape index (κ3) is 4.32. The van der Waals surface area contributed by atoms with Crippen molar-refractivity contribution in [3.63, 3.8) is 0 Å². The first kappa shape index (κ1) is 21.6. The van der Waals surface area contributed by atoms with Gasteiger partial charge in [0.1, 0.15) is 17.8 Å². The Labute approximate surface area is 195 Å². The van der Waals surface area contributed by atoms with Crippen LogP contribution >= 0.6 is 0 Å². The van der Waals surface area contributed by atoms with Gasteiger partial charge in [-0.15, -0.1) is 0 Å². The lowest BCUT2D eigenvalue weighted by Gasteiger charge is -2.36. The van der Waals surface area contributed by atoms with E-state index in [1.165, 1.54) is 18.5 Å². The summed E-state index contributed by atoms with van der Waals surface area (Å²) in [7, 11) is 0. The SMILES string of the molecule is Nc1ncc(-c2ccc(F)cc2)c(C2CCCCN2C(=O)c2cccc(-c3cncnc3)n2)n1. The molecule has 1 atom stereocenters. The highest BCUT2D eigenvalue weighted by Crippen LogP contribution is 2.36. The van der Waals surface area contributed by atoms with Gasteiger partial charge in [-0.2, -0.15) is 0 Å². The summed E-state index contributed by atoms with van der Waals surface area (Å²) in [5.74, 6) is -0.389. The molecule has 170 valence electrons. The van der Waals surface area contributed by atoms with Crippen molar-refractivity contribution in [1.29, 1.82) is 0 Å². The summed E-state index contributed by atoms with van der Waals surface area (Å²) >= 11 is 0. The number of hydrogen-bond acceptors (Lipinski definition) is 7. The molecular formula is C25H22FN7O. The summed E-state index contributed by atoms with van der Waals surface area (Å²) in [4.78, 5) is 36.8. The van der Waals surface area contributed by atoms with E-state index in [9.17, 15) is 9.18 Å². The van der Waals surface area contributed by atoms with Gasteiger partial charge in [0.25, 0.3) is 5.91 Å². The summed E-state index contributed by atoms with van der Waals surface area (Å²) < 4.78 is 13.5. The van der Waals surface area contributed by atoms with Gasteiger partial charge < -0.3 is 10.6 Å². The highest BCUT2D eigenvalue weighted by Gasteiger charge is 2.32. The third-order valence-electron chi connectivity index (χ3n) is 5.90. The molecule has 4 aromatic rings. The van der Waals surface area contributed by atoms with Gasteiger partial charge in [-0.25, -0.2) is 29.3 Å². The zero-order valence-electron chi connectivity index (χ0n) is 18.3. The molecule has 9 heteroatoms. The van der Waals surface area contributed by atoms with E-state index in [4.69, 9.17) is 5.73 Å². The van der Waals surface area contributed by atoms with Crippen LogP contribution in [0.25, 0.3) is 22.4 Å². The lowest BCUT2D eigenvalue weighted by Crippen LogP contribution is -2.39. The summed E-state index contributed by atoms with van der Waals surface area (Å²) in [5.41, 5.74) is 9.77. The summed E-state index contributed by atoms with van der Waals surface area (Å²) in [6.07, 6.45) is 8.94. The van der Waals surface area contributed by atoms with Crippen molar-refractivity contribution < 1.29 is 9.18 Å². The molecule has 1 saturated heterocycles. The highest BCUT2D eigenvalue weighted by molar-refractivity contribution is 5.93. The minimum atomic E-state index is -0.328. The average Bonchev–Trinajstić information content (AvgIpc) is 2.89. The molecule has 1 aliphatic heterocycles. The number of nitrogen functional groups attached to an aromatic ring is 1. The second kappa shape index (κ2) is 9.30. The molecule has 1 aliphatic rings. The van der Waals surface area contributed by atoms with E-state index in [1.54, 1.807) is 47.8 Å². The lowest BCUT2D eigenvalue weighted by atomic mass is 9.93. The van der Waals surface area contributed by atoms with Gasteiger partial charge >= 0.3 is 0 Å². The number of amides is 1. The van der Waals surface area contributed by atoms with E-state index in [0.29, 0.717) is 23.6 Å². The number of anilines is 1. The molecule has 1 amide bonds. The van der Waals surface area contributed by atoms with Crippen molar-refractivity contribution >= 4 is 11.9 Å². The summed E-state index contributed by atoms with van der Waals surface area (Å²) in [6.45, 7) is 0.566. The van der Waals surface area contributed by atoms with Crippen LogP contribution in [0, 0.1) is 5.82 Å². The van der Waals surface area contributed by atoms with Crippen LogP contribution in [0.1, 0.15) is 41.5 Å². The zero-order valence-corrected chi connectivity index (χ0v) is 18.3. The number of hydrogen-bond donors (Lipinski definition) is 1. The topological polar surface area (TPSA) is 111 Å². The monoisotopic (exact) mass is 455 g/mol. The first-order valence-corrected chi connectivity index (χ1v) is 11.0. The summed E-state index contributed by atoms with van der Waals surface area (Å²) in [5, 5.41) is 0. The predicted octanol–water partition coefficient (Wildman–Crippen LogP) is 4.08. The van der Waals surface area contributed by atoms with Crippen LogP contribution in [-0.4, -0.2) is 42.3 Å². The fourth-order valence-corrected chi connectivity index (χ4v) is 4.27. The Morgan fingerprint density at radius 3 is 2.56 bits per heavy atom. The molecule has 3 aromatic heterocycles. The molecule has 1 fully saturated rings. The molecule has 1 aromatic carbocycles. The number of pyridine rings is 1. The van der Waals surface area contributed by atoms with Crippen LogP contribution in [0.2, 0.25) is 0 Å². The van der Waals surface area contributed by atoms with Crippen LogP contribution < -0.4 is 5.73 Å². The number of benzene rings is 1. The van der Waals surface area contributed by atoms with E-state index >= 15 is 0 Å². The smallest absolute Gasteiger partial charge is 0.273 e. The highest BCUT2D eigenvalue weighted by atomic mass is 19.1. The number of likely N-dealkylation sites (tertiary alicyclic amines) is 1. The molecule has 34 heavy (non-hydrogen) atoms. The zero-order chi connectivity index (χ0) is 23.5. The molecule has 2 N–H and O–H groups in total. The van der Waals surface area contributed by atoms with Gasteiger partial charge in [0.15, 0.2) is 0 Å². The molecule has 0 bridgehead atoms. The average molecular weight is 455 g/mol. The van der Waals surface area contributed by atoms with E-state index < -0.39 is 0 Å². The number of rotatable bonds is 4. The van der Waals surface area contributed by atoms with Crippen molar-refractivity contribution in [1.82, 2.24) is 29.8 Å². The molecule has 1 unspecified atom stereocenters. The van der Waals surface area contributed by atoms with E-state index in [0.717, 1.165) is 36.0 Å². The predicted molar refractivity (Wildman–Crippen MR) is 125 cm³/mol. The Kier molecular flexibility index (Phi) is 5.90. The number of halogens is 1. The maximum absolute atomic E-state index is 13.7. The second-order valence-electron chi connectivity index (χ2n) is 8.08. The minimum Gasteiger partial charge on any atom is -0.368 e. The second-order valence-corrected chi connectivity index (χ2v) is 8.08. The Bertz CT molecular complexity index is 1310. The molecule has 5 rings (SSSR count). The van der Waals surface area contributed by atoms with Crippen molar-refractivity contribution in [2.45, 2.75) is 25.3 Å². The quantitative estimate of drug-likeness (QED) is 0.493. The van der Waals surface area contributed by atoms with Crippen molar-refractivity contribution in [3.8, 4) is 22.4 Å². The fourth-order valence-electron chi connectivity index (χ4n) is 4.27. The molecule has 8 nitrogen and oxygen atoms in total. The molecule has 0 spiro atoms. The molecule has 4 heterocycles. The first-order chi connectivity index (χ1) is 16.6. The minimum absolute atomic E-state index is 0.128. The van der Waals surface area contributed by atoms with Gasteiger partial charge in [0.05, 0.1) is 17.4 Å². The first-order valence-electron chi connectivity index (χ1n) is 11.0. The largest absolute Gasteiger partial charge is 0.368 e. The van der Waals surface area contributed by atoms with Gasteiger partial charge in [-0.05, 0) is 49.1 Å². The number of aromatic nitrogens is 5. The number of carbonyl (C=O) groups excluding carboxylic acids is 1. The van der Waals surface area contributed by atoms with E-state index in [-0.39, 0.29) is 23.7 Å². The lowest BCUT2D eigenvalue weighted by molar-refractivity contribution is 0.0601. The standard InChI is InChI=1S/C25H22FN7O/c26-18-9-7-16(8-10-18)19-14-30-25(27)32-23(19)22-6-1-2-11-33(22)24(34)21-5-3-4-20(31-21)17-12-28-15-29-13-17/h3-5,7-10,12-15,22H,1-2,6,11H2,(H2,27,30,32). The van der Waals surface area contributed by atoms with Crippen LogP contribution in [-0.2, 0) is 0 Å². The van der Waals surface area contributed by atoms with Gasteiger partial charge in [0.2, 0.25) is 5.95 Å². The Hall–Kier alpha value is -4.27. The van der Waals surface area contributed by atoms with Crippen LogP contribution in [0.4, 0.5) is 10.3 Å². The number of nitrogens with zero attached hydrogens (tertiary/aromatic N) is 6. The maximum atomic E-state index is 13.7. The third-order valence-corrected chi connectivity index (χ3v) is 5.90. The normalized spacial score (nSPS) is 15.8.